The molecule has 0 aromatic carbocycles. The molecule has 0 N–H and O–H groups in total. The van der Waals surface area contributed by atoms with Crippen molar-refractivity contribution in [1.82, 2.24) is 0 Å². The number of unbranched alkanes of at least 4 members (excludes halogenated alkanes) is 15. The number of halogens is 1. The van der Waals surface area contributed by atoms with E-state index >= 15 is 0 Å². The van der Waals surface area contributed by atoms with Gasteiger partial charge in [0.15, 0.2) is 0 Å². The molecule has 0 aliphatic rings. The molecule has 0 atom stereocenters. The van der Waals surface area contributed by atoms with Gasteiger partial charge < -0.3 is 17.0 Å². The Morgan fingerprint density at radius 3 is 0.950 bits per heavy atom. The van der Waals surface area contributed by atoms with Gasteiger partial charge in [0, 0.05) is 0 Å². The van der Waals surface area contributed by atoms with E-state index in [0.717, 1.165) is 26.1 Å². The maximum atomic E-state index is 2.30. The van der Waals surface area contributed by atoms with E-state index in [-0.39, 0.29) is 17.0 Å². The topological polar surface area (TPSA) is 0 Å². The van der Waals surface area contributed by atoms with Gasteiger partial charge in [-0.05, 0) is 0 Å². The zero-order chi connectivity index (χ0) is 14.0. The zero-order valence-electron chi connectivity index (χ0n) is 14.1. The molecule has 0 fully saturated rings. The van der Waals surface area contributed by atoms with Crippen LogP contribution in [-0.4, -0.2) is 0 Å². The van der Waals surface area contributed by atoms with Gasteiger partial charge in [0.2, 0.25) is 0 Å². The van der Waals surface area contributed by atoms with E-state index in [1.807, 2.05) is 0 Å². The summed E-state index contributed by atoms with van der Waals surface area (Å²) in [7, 11) is 0. The Labute approximate surface area is 156 Å². The van der Waals surface area contributed by atoms with Gasteiger partial charge in [-0.15, -0.1) is 0 Å². The summed E-state index contributed by atoms with van der Waals surface area (Å²) >= 11 is 1.06. The first-order valence-electron chi connectivity index (χ1n) is 9.21. The molecule has 0 aromatic rings. The third-order valence-electron chi connectivity index (χ3n) is 4.10. The van der Waals surface area contributed by atoms with E-state index in [2.05, 4.69) is 6.92 Å². The van der Waals surface area contributed by atoms with Gasteiger partial charge >= 0.3 is 101 Å². The van der Waals surface area contributed by atoms with Crippen LogP contribution < -0.4 is 17.0 Å². The number of hydrogen-bond donors (Lipinski definition) is 0. The third-order valence-corrected chi connectivity index (χ3v) is 6.05. The van der Waals surface area contributed by atoms with Crippen molar-refractivity contribution >= 4 is 0 Å². The first-order valence-corrected chi connectivity index (χ1v) is 13.1. The molecular formula is C18H37BrHg. The molecule has 0 saturated carbocycles. The Balaban J connectivity index is 0. The zero-order valence-corrected chi connectivity index (χ0v) is 21.2. The summed E-state index contributed by atoms with van der Waals surface area (Å²) in [5.74, 6) is 0. The van der Waals surface area contributed by atoms with E-state index in [1.165, 1.54) is 103 Å². The van der Waals surface area contributed by atoms with Crippen molar-refractivity contribution in [2.24, 2.45) is 0 Å². The summed E-state index contributed by atoms with van der Waals surface area (Å²) in [4.78, 5) is 0. The van der Waals surface area contributed by atoms with E-state index in [1.54, 1.807) is 3.93 Å². The van der Waals surface area contributed by atoms with Gasteiger partial charge in [-0.2, -0.15) is 0 Å². The Kier molecular flexibility index (Phi) is 26.9. The van der Waals surface area contributed by atoms with Crippen molar-refractivity contribution in [3.8, 4) is 0 Å². The first kappa shape index (κ1) is 23.7. The Morgan fingerprint density at radius 1 is 0.450 bits per heavy atom. The minimum atomic E-state index is 0. The molecule has 118 valence electrons. The second-order valence-electron chi connectivity index (χ2n) is 6.16. The summed E-state index contributed by atoms with van der Waals surface area (Å²) < 4.78 is 1.57. The van der Waals surface area contributed by atoms with E-state index < -0.39 is 0 Å². The van der Waals surface area contributed by atoms with Gasteiger partial charge in [0.05, 0.1) is 0 Å². The molecule has 0 aromatic heterocycles. The maximum Gasteiger partial charge on any atom is -1.00 e. The normalized spacial score (nSPS) is 10.6. The van der Waals surface area contributed by atoms with Crippen LogP contribution in [0.5, 0.6) is 0 Å². The van der Waals surface area contributed by atoms with Gasteiger partial charge in [-0.1, -0.05) is 39.0 Å². The predicted molar refractivity (Wildman–Crippen MR) is 84.4 cm³/mol. The first-order chi connectivity index (χ1) is 9.41. The number of hydrogen-bond acceptors (Lipinski definition) is 0. The second kappa shape index (κ2) is 22.7. The molecule has 0 bridgehead atoms. The van der Waals surface area contributed by atoms with Crippen molar-refractivity contribution in [2.75, 3.05) is 0 Å². The van der Waals surface area contributed by atoms with Gasteiger partial charge in [0.25, 0.3) is 0 Å². The molecule has 0 spiro atoms. The van der Waals surface area contributed by atoms with Crippen molar-refractivity contribution in [3.05, 3.63) is 0 Å². The van der Waals surface area contributed by atoms with Crippen LogP contribution in [0.1, 0.15) is 110 Å². The Hall–Kier alpha value is 1.42. The summed E-state index contributed by atoms with van der Waals surface area (Å²) in [5, 5.41) is 0. The SMILES string of the molecule is CCCCCCCCCCCCCCCCC[CH2][Hg+].[Br-]. The Bertz CT molecular complexity index is 134. The molecule has 0 saturated heterocycles. The van der Waals surface area contributed by atoms with Gasteiger partial charge in [-0.3, -0.25) is 0 Å². The fourth-order valence-electron chi connectivity index (χ4n) is 2.72. The molecule has 0 aliphatic carbocycles. The van der Waals surface area contributed by atoms with Crippen LogP contribution in [0.4, 0.5) is 0 Å². The molecule has 0 aliphatic heterocycles. The fraction of sp³-hybridized carbons (Fsp3) is 1.00. The van der Waals surface area contributed by atoms with Crippen molar-refractivity contribution in [1.29, 1.82) is 0 Å². The molecule has 0 radical (unpaired) electrons. The van der Waals surface area contributed by atoms with Gasteiger partial charge in [-0.25, -0.2) is 0 Å². The second-order valence-corrected chi connectivity index (χ2v) is 8.91. The van der Waals surface area contributed by atoms with Gasteiger partial charge in [0.1, 0.15) is 0 Å². The smallest absolute Gasteiger partial charge is 1.00 e. The van der Waals surface area contributed by atoms with Crippen LogP contribution in [0, 0.1) is 0 Å². The van der Waals surface area contributed by atoms with E-state index in [9.17, 15) is 0 Å². The van der Waals surface area contributed by atoms with E-state index in [4.69, 9.17) is 0 Å². The molecule has 0 amide bonds. The molecule has 0 unspecified atom stereocenters. The standard InChI is InChI=1S/C18H37.BrH.Hg/c1-3-5-7-9-11-13-15-17-18-16-14-12-10-8-6-4-2;;/h1,3-18H2,2H3;1H;/q;;+1/p-1. The summed E-state index contributed by atoms with van der Waals surface area (Å²) in [6.07, 6.45) is 23.8. The average molecular weight is 534 g/mol. The monoisotopic (exact) mass is 534 g/mol. The van der Waals surface area contributed by atoms with Crippen LogP contribution in [0.25, 0.3) is 0 Å². The van der Waals surface area contributed by atoms with Crippen molar-refractivity contribution < 1.29 is 43.1 Å². The molecule has 2 heteroatoms. The third kappa shape index (κ3) is 21.7. The largest absolute Gasteiger partial charge is 1.00 e. The minimum absolute atomic E-state index is 0. The van der Waals surface area contributed by atoms with Crippen molar-refractivity contribution in [3.63, 3.8) is 0 Å². The maximum absolute atomic E-state index is 2.30. The molecule has 0 rings (SSSR count). The van der Waals surface area contributed by atoms with Crippen LogP contribution in [0.2, 0.25) is 3.93 Å². The fourth-order valence-corrected chi connectivity index (χ4v) is 4.10. The summed E-state index contributed by atoms with van der Waals surface area (Å²) in [6, 6.07) is 0. The predicted octanol–water partition coefficient (Wildman–Crippen LogP) is 4.22. The number of rotatable bonds is 16. The summed E-state index contributed by atoms with van der Waals surface area (Å²) in [5.41, 5.74) is 0. The van der Waals surface area contributed by atoms with Crippen LogP contribution in [0.3, 0.4) is 0 Å². The molecule has 20 heavy (non-hydrogen) atoms. The van der Waals surface area contributed by atoms with Crippen LogP contribution in [0.15, 0.2) is 0 Å². The van der Waals surface area contributed by atoms with Crippen LogP contribution >= 0.6 is 0 Å². The Morgan fingerprint density at radius 2 is 0.700 bits per heavy atom. The molecule has 0 heterocycles. The van der Waals surface area contributed by atoms with Crippen molar-refractivity contribution in [2.45, 2.75) is 114 Å². The average Bonchev–Trinajstić information content (AvgIpc) is 2.43. The summed E-state index contributed by atoms with van der Waals surface area (Å²) in [6.45, 7) is 2.30. The molecular weight excluding hydrogens is 497 g/mol. The van der Waals surface area contributed by atoms with E-state index in [0.29, 0.717) is 0 Å². The van der Waals surface area contributed by atoms with Crippen LogP contribution in [-0.2, 0) is 26.1 Å². The quantitative estimate of drug-likeness (QED) is 0.206. The minimum Gasteiger partial charge on any atom is -1.00 e. The molecule has 0 nitrogen and oxygen atoms in total.